The second-order valence-corrected chi connectivity index (χ2v) is 8.51. The summed E-state index contributed by atoms with van der Waals surface area (Å²) in [7, 11) is 3.49. The molecule has 7 nitrogen and oxygen atoms in total. The molecule has 1 aliphatic rings. The predicted octanol–water partition coefficient (Wildman–Crippen LogP) is 3.22. The van der Waals surface area contributed by atoms with E-state index in [1.165, 1.54) is 16.9 Å². The highest BCUT2D eigenvalue weighted by molar-refractivity contribution is 7.15. The van der Waals surface area contributed by atoms with Gasteiger partial charge in [-0.15, -0.1) is 10.2 Å². The van der Waals surface area contributed by atoms with Crippen molar-refractivity contribution in [1.29, 1.82) is 0 Å². The summed E-state index contributed by atoms with van der Waals surface area (Å²) >= 11 is 1.43. The molecule has 1 aromatic heterocycles. The van der Waals surface area contributed by atoms with E-state index in [-0.39, 0.29) is 17.9 Å². The number of urea groups is 1. The van der Waals surface area contributed by atoms with Crippen molar-refractivity contribution in [2.45, 2.75) is 32.1 Å². The Kier molecular flexibility index (Phi) is 6.61. The van der Waals surface area contributed by atoms with Gasteiger partial charge in [-0.1, -0.05) is 48.6 Å². The average molecular weight is 402 g/mol. The van der Waals surface area contributed by atoms with Gasteiger partial charge in [-0.2, -0.15) is 0 Å². The molecule has 3 amide bonds. The molecule has 150 valence electrons. The van der Waals surface area contributed by atoms with Crippen molar-refractivity contribution >= 4 is 28.4 Å². The summed E-state index contributed by atoms with van der Waals surface area (Å²) in [5.74, 6) is 0.217. The van der Waals surface area contributed by atoms with E-state index < -0.39 is 0 Å². The molecule has 1 atom stereocenters. The molecule has 0 saturated carbocycles. The molecule has 1 aromatic carbocycles. The van der Waals surface area contributed by atoms with E-state index in [2.05, 4.69) is 34.6 Å². The molecule has 8 heteroatoms. The minimum absolute atomic E-state index is 0.000148. The largest absolute Gasteiger partial charge is 0.331 e. The van der Waals surface area contributed by atoms with E-state index in [0.717, 1.165) is 11.4 Å². The number of piperidine rings is 1. The van der Waals surface area contributed by atoms with E-state index in [4.69, 9.17) is 0 Å². The molecule has 3 rings (SSSR count). The number of aromatic nitrogens is 2. The molecule has 1 aliphatic heterocycles. The summed E-state index contributed by atoms with van der Waals surface area (Å²) in [6, 6.07) is 10.3. The Morgan fingerprint density at radius 1 is 1.21 bits per heavy atom. The zero-order chi connectivity index (χ0) is 20.1. The Hall–Kier alpha value is -2.48. The van der Waals surface area contributed by atoms with Crippen molar-refractivity contribution in [3.05, 3.63) is 40.9 Å². The lowest BCUT2D eigenvalue weighted by Crippen LogP contribution is -2.45. The Bertz CT molecular complexity index is 800. The summed E-state index contributed by atoms with van der Waals surface area (Å²) in [5, 5.41) is 12.7. The standard InChI is InChI=1S/C20H27N5O2S/c1-14(15-7-5-4-6-8-15)13-17-22-23-19(28-17)21-18(26)16-9-11-25(12-10-16)20(27)24(2)3/h4-8,14,16H,9-13H2,1-3H3,(H,21,23,26)/t14-/m0/s1. The lowest BCUT2D eigenvalue weighted by Gasteiger charge is -2.32. The van der Waals surface area contributed by atoms with Crippen LogP contribution < -0.4 is 5.32 Å². The second kappa shape index (κ2) is 9.14. The summed E-state index contributed by atoms with van der Waals surface area (Å²) in [5.41, 5.74) is 1.27. The topological polar surface area (TPSA) is 78.4 Å². The normalized spacial score (nSPS) is 15.9. The van der Waals surface area contributed by atoms with Gasteiger partial charge in [0.25, 0.3) is 0 Å². The van der Waals surface area contributed by atoms with Gasteiger partial charge in [0.2, 0.25) is 11.0 Å². The van der Waals surface area contributed by atoms with E-state index in [9.17, 15) is 9.59 Å². The molecule has 0 bridgehead atoms. The minimum atomic E-state index is -0.0956. The highest BCUT2D eigenvalue weighted by Crippen LogP contribution is 2.25. The van der Waals surface area contributed by atoms with Crippen LogP contribution in [-0.4, -0.2) is 59.1 Å². The number of anilines is 1. The maximum Gasteiger partial charge on any atom is 0.319 e. The number of nitrogens with zero attached hydrogens (tertiary/aromatic N) is 4. The third kappa shape index (κ3) is 5.07. The smallest absolute Gasteiger partial charge is 0.319 e. The molecular weight excluding hydrogens is 374 g/mol. The number of amides is 3. The number of benzene rings is 1. The van der Waals surface area contributed by atoms with E-state index >= 15 is 0 Å². The molecule has 0 radical (unpaired) electrons. The second-order valence-electron chi connectivity index (χ2n) is 7.44. The highest BCUT2D eigenvalue weighted by Gasteiger charge is 2.28. The van der Waals surface area contributed by atoms with Crippen molar-refractivity contribution in [3.63, 3.8) is 0 Å². The molecule has 0 spiro atoms. The molecule has 1 N–H and O–H groups in total. The Balaban J connectivity index is 1.50. The van der Waals surface area contributed by atoms with Gasteiger partial charge in [-0.05, 0) is 24.3 Å². The minimum Gasteiger partial charge on any atom is -0.331 e. The number of likely N-dealkylation sites (tertiary alicyclic amines) is 1. The Labute approximate surface area is 169 Å². The van der Waals surface area contributed by atoms with Gasteiger partial charge in [0.05, 0.1) is 0 Å². The van der Waals surface area contributed by atoms with Crippen LogP contribution >= 0.6 is 11.3 Å². The van der Waals surface area contributed by atoms with Crippen molar-refractivity contribution in [3.8, 4) is 0 Å². The first kappa shape index (κ1) is 20.3. The summed E-state index contributed by atoms with van der Waals surface area (Å²) in [6.07, 6.45) is 2.13. The van der Waals surface area contributed by atoms with Crippen LogP contribution in [0, 0.1) is 5.92 Å². The fourth-order valence-corrected chi connectivity index (χ4v) is 4.24. The first-order valence-corrected chi connectivity index (χ1v) is 10.4. The molecule has 28 heavy (non-hydrogen) atoms. The average Bonchev–Trinajstić information content (AvgIpc) is 3.14. The van der Waals surface area contributed by atoms with E-state index in [0.29, 0.717) is 37.0 Å². The quantitative estimate of drug-likeness (QED) is 0.834. The van der Waals surface area contributed by atoms with Gasteiger partial charge in [0, 0.05) is 39.5 Å². The molecule has 1 fully saturated rings. The number of hydrogen-bond acceptors (Lipinski definition) is 5. The van der Waals surface area contributed by atoms with Crippen molar-refractivity contribution in [2.75, 3.05) is 32.5 Å². The number of carbonyl (C=O) groups is 2. The third-order valence-electron chi connectivity index (χ3n) is 5.07. The van der Waals surface area contributed by atoms with Crippen LogP contribution in [0.2, 0.25) is 0 Å². The van der Waals surface area contributed by atoms with Crippen LogP contribution in [0.15, 0.2) is 30.3 Å². The third-order valence-corrected chi connectivity index (χ3v) is 5.93. The lowest BCUT2D eigenvalue weighted by molar-refractivity contribution is -0.121. The van der Waals surface area contributed by atoms with Gasteiger partial charge in [-0.25, -0.2) is 4.79 Å². The first-order chi connectivity index (χ1) is 13.4. The molecule has 1 saturated heterocycles. The first-order valence-electron chi connectivity index (χ1n) is 9.58. The maximum absolute atomic E-state index is 12.5. The van der Waals surface area contributed by atoms with Crippen LogP contribution in [-0.2, 0) is 11.2 Å². The van der Waals surface area contributed by atoms with Crippen LogP contribution in [0.4, 0.5) is 9.93 Å². The van der Waals surface area contributed by atoms with E-state index in [1.807, 2.05) is 18.2 Å². The fourth-order valence-electron chi connectivity index (χ4n) is 3.37. The summed E-state index contributed by atoms with van der Waals surface area (Å²) in [6.45, 7) is 3.37. The Morgan fingerprint density at radius 3 is 2.54 bits per heavy atom. The monoisotopic (exact) mass is 401 g/mol. The summed E-state index contributed by atoms with van der Waals surface area (Å²) < 4.78 is 0. The number of nitrogens with one attached hydrogen (secondary N) is 1. The fraction of sp³-hybridized carbons (Fsp3) is 0.500. The molecule has 2 aromatic rings. The highest BCUT2D eigenvalue weighted by atomic mass is 32.1. The van der Waals surface area contributed by atoms with Crippen molar-refractivity contribution < 1.29 is 9.59 Å². The number of hydrogen-bond donors (Lipinski definition) is 1. The lowest BCUT2D eigenvalue weighted by atomic mass is 9.96. The van der Waals surface area contributed by atoms with Crippen molar-refractivity contribution in [1.82, 2.24) is 20.0 Å². The van der Waals surface area contributed by atoms with Gasteiger partial charge >= 0.3 is 6.03 Å². The number of carbonyl (C=O) groups excluding carboxylic acids is 2. The zero-order valence-corrected chi connectivity index (χ0v) is 17.4. The van der Waals surface area contributed by atoms with Gasteiger partial charge < -0.3 is 15.1 Å². The summed E-state index contributed by atoms with van der Waals surface area (Å²) in [4.78, 5) is 27.9. The zero-order valence-electron chi connectivity index (χ0n) is 16.6. The molecule has 0 unspecified atom stereocenters. The number of rotatable bonds is 5. The predicted molar refractivity (Wildman–Crippen MR) is 110 cm³/mol. The van der Waals surface area contributed by atoms with E-state index in [1.54, 1.807) is 23.9 Å². The van der Waals surface area contributed by atoms with Crippen molar-refractivity contribution in [2.24, 2.45) is 5.92 Å². The van der Waals surface area contributed by atoms with Crippen LogP contribution in [0.25, 0.3) is 0 Å². The molecule has 2 heterocycles. The SMILES string of the molecule is C[C@@H](Cc1nnc(NC(=O)C2CCN(C(=O)N(C)C)CC2)s1)c1ccccc1. The van der Waals surface area contributed by atoms with Crippen LogP contribution in [0.5, 0.6) is 0 Å². The van der Waals surface area contributed by atoms with Crippen LogP contribution in [0.3, 0.4) is 0 Å². The maximum atomic E-state index is 12.5. The molecular formula is C20H27N5O2S. The Morgan fingerprint density at radius 2 is 1.89 bits per heavy atom. The molecule has 0 aliphatic carbocycles. The van der Waals surface area contributed by atoms with Gasteiger partial charge in [-0.3, -0.25) is 4.79 Å². The van der Waals surface area contributed by atoms with Gasteiger partial charge in [0.15, 0.2) is 0 Å². The van der Waals surface area contributed by atoms with Crippen LogP contribution in [0.1, 0.15) is 36.3 Å². The van der Waals surface area contributed by atoms with Gasteiger partial charge in [0.1, 0.15) is 5.01 Å².